The number of nitrogens with zero attached hydrogens (tertiary/aromatic N) is 1. The molecule has 0 aliphatic rings. The lowest BCUT2D eigenvalue weighted by molar-refractivity contribution is 0.0939. The maximum atomic E-state index is 14.5. The summed E-state index contributed by atoms with van der Waals surface area (Å²) in [5.41, 5.74) is 0.237. The minimum atomic E-state index is -3.86. The number of nitrogens with one attached hydrogen (secondary N) is 1. The van der Waals surface area contributed by atoms with E-state index >= 15 is 0 Å². The maximum absolute atomic E-state index is 14.5. The van der Waals surface area contributed by atoms with Crippen molar-refractivity contribution in [3.05, 3.63) is 87.6 Å². The first-order valence-electron chi connectivity index (χ1n) is 9.67. The van der Waals surface area contributed by atoms with Crippen LogP contribution in [0.1, 0.15) is 40.7 Å². The van der Waals surface area contributed by atoms with Crippen molar-refractivity contribution in [1.29, 1.82) is 0 Å². The number of rotatable bonds is 8. The van der Waals surface area contributed by atoms with Crippen molar-refractivity contribution in [2.75, 3.05) is 13.1 Å². The van der Waals surface area contributed by atoms with Crippen molar-refractivity contribution in [3.8, 4) is 0 Å². The number of sulfonamides is 1. The summed E-state index contributed by atoms with van der Waals surface area (Å²) in [6.07, 6.45) is 0. The Kier molecular flexibility index (Phi) is 7.19. The lowest BCUT2D eigenvalue weighted by atomic mass is 10.0. The zero-order valence-corrected chi connectivity index (χ0v) is 18.6. The van der Waals surface area contributed by atoms with Crippen molar-refractivity contribution >= 4 is 27.3 Å². The van der Waals surface area contributed by atoms with E-state index in [4.69, 9.17) is 0 Å². The second-order valence-corrected chi connectivity index (χ2v) is 9.62. The second-order valence-electron chi connectivity index (χ2n) is 6.70. The summed E-state index contributed by atoms with van der Waals surface area (Å²) in [6, 6.07) is 11.8. The van der Waals surface area contributed by atoms with Crippen LogP contribution in [0.5, 0.6) is 0 Å². The maximum Gasteiger partial charge on any atom is 0.255 e. The van der Waals surface area contributed by atoms with E-state index in [-0.39, 0.29) is 23.5 Å². The molecule has 3 aromatic rings. The number of carbonyl (C=O) groups is 1. The molecule has 0 saturated heterocycles. The van der Waals surface area contributed by atoms with E-state index in [1.807, 2.05) is 5.38 Å². The third kappa shape index (κ3) is 5.00. The molecular weight excluding hydrogens is 442 g/mol. The van der Waals surface area contributed by atoms with Crippen LogP contribution >= 0.6 is 11.3 Å². The molecule has 1 atom stereocenters. The summed E-state index contributed by atoms with van der Waals surface area (Å²) >= 11 is 1.38. The van der Waals surface area contributed by atoms with Gasteiger partial charge in [0.05, 0.1) is 16.5 Å². The van der Waals surface area contributed by atoms with E-state index in [0.29, 0.717) is 5.56 Å². The molecule has 0 radical (unpaired) electrons. The fourth-order valence-electron chi connectivity index (χ4n) is 3.19. The fraction of sp³-hybridized carbons (Fsp3) is 0.227. The number of amides is 1. The third-order valence-electron chi connectivity index (χ3n) is 4.83. The Bertz CT molecular complexity index is 1140. The summed E-state index contributed by atoms with van der Waals surface area (Å²) < 4.78 is 54.7. The van der Waals surface area contributed by atoms with Crippen LogP contribution in [0.15, 0.2) is 64.9 Å². The van der Waals surface area contributed by atoms with E-state index in [0.717, 1.165) is 23.1 Å². The van der Waals surface area contributed by atoms with Gasteiger partial charge < -0.3 is 5.32 Å². The van der Waals surface area contributed by atoms with Crippen LogP contribution in [0.4, 0.5) is 8.78 Å². The normalized spacial score (nSPS) is 12.7. The van der Waals surface area contributed by atoms with Gasteiger partial charge in [0.15, 0.2) is 0 Å². The molecule has 5 nitrogen and oxygen atoms in total. The van der Waals surface area contributed by atoms with Crippen LogP contribution in [0.2, 0.25) is 0 Å². The zero-order chi connectivity index (χ0) is 22.6. The Morgan fingerprint density at radius 1 is 1.06 bits per heavy atom. The van der Waals surface area contributed by atoms with Gasteiger partial charge in [-0.05, 0) is 47.3 Å². The van der Waals surface area contributed by atoms with Crippen LogP contribution in [0.25, 0.3) is 0 Å². The van der Waals surface area contributed by atoms with Crippen LogP contribution in [-0.2, 0) is 10.0 Å². The minimum Gasteiger partial charge on any atom is -0.340 e. The van der Waals surface area contributed by atoms with Gasteiger partial charge in [-0.25, -0.2) is 17.2 Å². The molecule has 0 saturated carbocycles. The van der Waals surface area contributed by atoms with Gasteiger partial charge in [-0.2, -0.15) is 4.31 Å². The summed E-state index contributed by atoms with van der Waals surface area (Å²) in [7, 11) is -3.86. The van der Waals surface area contributed by atoms with Crippen molar-refractivity contribution in [2.45, 2.75) is 24.8 Å². The molecule has 1 aromatic heterocycles. The largest absolute Gasteiger partial charge is 0.340 e. The number of benzene rings is 2. The molecule has 1 N–H and O–H groups in total. The first-order chi connectivity index (χ1) is 14.8. The van der Waals surface area contributed by atoms with Crippen molar-refractivity contribution in [3.63, 3.8) is 0 Å². The Labute approximate surface area is 184 Å². The standard InChI is InChI=1S/C22H22F2N2O3S2/c1-3-26(4-2)31(28,29)17-11-12-19(24)18(14-17)22(27)25-21(20-6-5-13-30-20)15-7-9-16(23)10-8-15/h5-14,21H,3-4H2,1-2H3,(H,25,27). The Balaban J connectivity index is 1.97. The number of carbonyl (C=O) groups excluding carboxylic acids is 1. The highest BCUT2D eigenvalue weighted by molar-refractivity contribution is 7.89. The first-order valence-corrected chi connectivity index (χ1v) is 12.0. The third-order valence-corrected chi connectivity index (χ3v) is 7.82. The van der Waals surface area contributed by atoms with Crippen LogP contribution in [0.3, 0.4) is 0 Å². The van der Waals surface area contributed by atoms with E-state index in [9.17, 15) is 22.0 Å². The number of thiophene rings is 1. The molecule has 0 aliphatic heterocycles. The van der Waals surface area contributed by atoms with E-state index in [2.05, 4.69) is 5.32 Å². The van der Waals surface area contributed by atoms with E-state index in [1.165, 1.54) is 39.9 Å². The van der Waals surface area contributed by atoms with Crippen LogP contribution in [0, 0.1) is 11.6 Å². The summed E-state index contributed by atoms with van der Waals surface area (Å²) in [4.78, 5) is 13.6. The van der Waals surface area contributed by atoms with Crippen molar-refractivity contribution in [2.24, 2.45) is 0 Å². The molecule has 164 valence electrons. The van der Waals surface area contributed by atoms with Gasteiger partial charge in [0.25, 0.3) is 5.91 Å². The average molecular weight is 465 g/mol. The lowest BCUT2D eigenvalue weighted by Crippen LogP contribution is -2.32. The van der Waals surface area contributed by atoms with Crippen molar-refractivity contribution in [1.82, 2.24) is 9.62 Å². The molecule has 1 heterocycles. The molecule has 1 unspecified atom stereocenters. The van der Waals surface area contributed by atoms with Crippen LogP contribution in [-0.4, -0.2) is 31.7 Å². The van der Waals surface area contributed by atoms with Gasteiger partial charge in [0.2, 0.25) is 10.0 Å². The number of hydrogen-bond acceptors (Lipinski definition) is 4. The van der Waals surface area contributed by atoms with Gasteiger partial charge in [-0.1, -0.05) is 32.0 Å². The monoisotopic (exact) mass is 464 g/mol. The van der Waals surface area contributed by atoms with Gasteiger partial charge >= 0.3 is 0 Å². The minimum absolute atomic E-state index is 0.155. The molecule has 0 fully saturated rings. The van der Waals surface area contributed by atoms with Gasteiger partial charge in [-0.3, -0.25) is 4.79 Å². The average Bonchev–Trinajstić information content (AvgIpc) is 3.28. The molecule has 0 spiro atoms. The summed E-state index contributed by atoms with van der Waals surface area (Å²) in [5.74, 6) is -2.02. The Morgan fingerprint density at radius 2 is 1.74 bits per heavy atom. The first kappa shape index (κ1) is 23.1. The van der Waals surface area contributed by atoms with E-state index < -0.39 is 33.6 Å². The summed E-state index contributed by atoms with van der Waals surface area (Å²) in [5, 5.41) is 4.58. The zero-order valence-electron chi connectivity index (χ0n) is 17.0. The summed E-state index contributed by atoms with van der Waals surface area (Å²) in [6.45, 7) is 3.91. The predicted molar refractivity (Wildman–Crippen MR) is 117 cm³/mol. The number of hydrogen-bond donors (Lipinski definition) is 1. The van der Waals surface area contributed by atoms with E-state index in [1.54, 1.807) is 26.0 Å². The second kappa shape index (κ2) is 9.67. The molecule has 0 aliphatic carbocycles. The van der Waals surface area contributed by atoms with Gasteiger partial charge in [-0.15, -0.1) is 11.3 Å². The molecule has 31 heavy (non-hydrogen) atoms. The topological polar surface area (TPSA) is 66.5 Å². The molecule has 1 amide bonds. The predicted octanol–water partition coefficient (Wildman–Crippen LogP) is 4.58. The molecule has 0 bridgehead atoms. The van der Waals surface area contributed by atoms with Crippen LogP contribution < -0.4 is 5.32 Å². The fourth-order valence-corrected chi connectivity index (χ4v) is 5.48. The molecule has 9 heteroatoms. The SMILES string of the molecule is CCN(CC)S(=O)(=O)c1ccc(F)c(C(=O)NC(c2ccc(F)cc2)c2cccs2)c1. The number of halogens is 2. The van der Waals surface area contributed by atoms with Crippen molar-refractivity contribution < 1.29 is 22.0 Å². The van der Waals surface area contributed by atoms with Gasteiger partial charge in [0, 0.05) is 18.0 Å². The highest BCUT2D eigenvalue weighted by atomic mass is 32.2. The highest BCUT2D eigenvalue weighted by Crippen LogP contribution is 2.27. The smallest absolute Gasteiger partial charge is 0.255 e. The molecule has 2 aromatic carbocycles. The molecular formula is C22H22F2N2O3S2. The Morgan fingerprint density at radius 3 is 2.32 bits per heavy atom. The lowest BCUT2D eigenvalue weighted by Gasteiger charge is -2.20. The van der Waals surface area contributed by atoms with Gasteiger partial charge in [0.1, 0.15) is 11.6 Å². The highest BCUT2D eigenvalue weighted by Gasteiger charge is 2.26. The quantitative estimate of drug-likeness (QED) is 0.531. The molecule has 3 rings (SSSR count). The Hall–Kier alpha value is -2.62.